The number of hydrogen-bond donors (Lipinski definition) is 2. The molecule has 1 aromatic carbocycles. The first-order valence-corrected chi connectivity index (χ1v) is 5.38. The summed E-state index contributed by atoms with van der Waals surface area (Å²) in [5, 5.41) is 21.1. The van der Waals surface area contributed by atoms with E-state index in [1.54, 1.807) is 0 Å². The first kappa shape index (κ1) is 13.4. The van der Waals surface area contributed by atoms with Crippen molar-refractivity contribution in [2.45, 2.75) is 13.1 Å². The highest BCUT2D eigenvalue weighted by molar-refractivity contribution is 5.75. The summed E-state index contributed by atoms with van der Waals surface area (Å²) in [5.41, 5.74) is -1.21. The van der Waals surface area contributed by atoms with Crippen LogP contribution < -0.4 is 11.1 Å². The fourth-order valence-corrected chi connectivity index (χ4v) is 1.83. The quantitative estimate of drug-likeness (QED) is 0.448. The molecule has 0 fully saturated rings. The summed E-state index contributed by atoms with van der Waals surface area (Å²) in [7, 11) is 0. The number of H-pyrrole nitrogens is 2. The van der Waals surface area contributed by atoms with E-state index in [-0.39, 0.29) is 22.2 Å². The Morgan fingerprint density at radius 1 is 0.850 bits per heavy atom. The summed E-state index contributed by atoms with van der Waals surface area (Å²) < 4.78 is 0. The van der Waals surface area contributed by atoms with Gasteiger partial charge in [0.05, 0.1) is 11.0 Å². The highest BCUT2D eigenvalue weighted by Gasteiger charge is 2.15. The molecule has 0 bridgehead atoms. The van der Waals surface area contributed by atoms with Crippen molar-refractivity contribution in [2.24, 2.45) is 0 Å². The number of nitrogens with one attached hydrogen (secondary N) is 2. The van der Waals surface area contributed by atoms with E-state index in [1.165, 1.54) is 12.1 Å². The normalized spacial score (nSPS) is 10.6. The van der Waals surface area contributed by atoms with E-state index >= 15 is 0 Å². The van der Waals surface area contributed by atoms with Crippen molar-refractivity contribution in [3.05, 3.63) is 64.2 Å². The molecule has 10 nitrogen and oxygen atoms in total. The number of fused-ring (bicyclic) bond motifs is 1. The zero-order valence-corrected chi connectivity index (χ0v) is 9.91. The standard InChI is InChI=1S/C10H8N4O6/c15-9-10(16)12-8-2-6(4-14(19)20)5(3-13(17)18)1-7(8)11-9/h1-2H,3-4H2,(H,11,15)(H,12,16). The first-order chi connectivity index (χ1) is 9.36. The van der Waals surface area contributed by atoms with Crippen LogP contribution in [0, 0.1) is 20.2 Å². The van der Waals surface area contributed by atoms with Gasteiger partial charge in [0.15, 0.2) is 0 Å². The summed E-state index contributed by atoms with van der Waals surface area (Å²) in [6, 6.07) is 2.52. The summed E-state index contributed by atoms with van der Waals surface area (Å²) >= 11 is 0. The molecular weight excluding hydrogens is 272 g/mol. The molecule has 0 unspecified atom stereocenters. The lowest BCUT2D eigenvalue weighted by molar-refractivity contribution is -0.503. The number of hydrogen-bond acceptors (Lipinski definition) is 6. The third-order valence-corrected chi connectivity index (χ3v) is 2.64. The molecule has 1 heterocycles. The predicted octanol–water partition coefficient (Wildman–Crippen LogP) is -0.230. The number of aromatic amines is 2. The van der Waals surface area contributed by atoms with E-state index in [9.17, 15) is 29.8 Å². The molecule has 0 radical (unpaired) electrons. The molecule has 0 saturated carbocycles. The van der Waals surface area contributed by atoms with Crippen LogP contribution in [0.15, 0.2) is 21.7 Å². The Morgan fingerprint density at radius 2 is 1.20 bits per heavy atom. The number of rotatable bonds is 4. The smallest absolute Gasteiger partial charge is 0.314 e. The average molecular weight is 280 g/mol. The largest absolute Gasteiger partial charge is 0.316 e. The van der Waals surface area contributed by atoms with Crippen LogP contribution in [-0.4, -0.2) is 19.8 Å². The van der Waals surface area contributed by atoms with Crippen molar-refractivity contribution >= 4 is 11.0 Å². The molecule has 0 aliphatic rings. The van der Waals surface area contributed by atoms with Gasteiger partial charge in [-0.3, -0.25) is 29.8 Å². The molecule has 10 heteroatoms. The molecule has 0 atom stereocenters. The van der Waals surface area contributed by atoms with Gasteiger partial charge in [-0.2, -0.15) is 0 Å². The zero-order valence-electron chi connectivity index (χ0n) is 9.91. The third kappa shape index (κ3) is 2.68. The molecule has 20 heavy (non-hydrogen) atoms. The average Bonchev–Trinajstić information content (AvgIpc) is 2.31. The zero-order chi connectivity index (χ0) is 14.9. The molecule has 0 aliphatic heterocycles. The van der Waals surface area contributed by atoms with Crippen molar-refractivity contribution in [1.82, 2.24) is 9.97 Å². The Morgan fingerprint density at radius 3 is 1.50 bits per heavy atom. The predicted molar refractivity (Wildman–Crippen MR) is 66.6 cm³/mol. The van der Waals surface area contributed by atoms with Gasteiger partial charge in [-0.15, -0.1) is 0 Å². The summed E-state index contributed by atoms with van der Waals surface area (Å²) in [6.07, 6.45) is 0. The molecular formula is C10H8N4O6. The molecule has 0 spiro atoms. The van der Waals surface area contributed by atoms with Crippen molar-refractivity contribution < 1.29 is 9.85 Å². The molecule has 104 valence electrons. The molecule has 0 aliphatic carbocycles. The van der Waals surface area contributed by atoms with Crippen LogP contribution in [0.1, 0.15) is 11.1 Å². The second-order valence-corrected chi connectivity index (χ2v) is 4.06. The lowest BCUT2D eigenvalue weighted by Crippen LogP contribution is -2.29. The fraction of sp³-hybridized carbons (Fsp3) is 0.200. The van der Waals surface area contributed by atoms with Gasteiger partial charge >= 0.3 is 11.1 Å². The SMILES string of the molecule is O=c1[nH]c2cc(C[N+](=O)[O-])c(C[N+](=O)[O-])cc2[nH]c1=O. The number of benzene rings is 1. The highest BCUT2D eigenvalue weighted by atomic mass is 16.6. The van der Waals surface area contributed by atoms with Crippen LogP contribution in [-0.2, 0) is 13.1 Å². The van der Waals surface area contributed by atoms with E-state index in [2.05, 4.69) is 9.97 Å². The minimum atomic E-state index is -0.897. The molecule has 2 aromatic rings. The van der Waals surface area contributed by atoms with E-state index in [4.69, 9.17) is 0 Å². The Bertz CT molecular complexity index is 752. The second kappa shape index (κ2) is 4.91. The Balaban J connectivity index is 2.70. The van der Waals surface area contributed by atoms with E-state index in [0.29, 0.717) is 0 Å². The number of aromatic nitrogens is 2. The van der Waals surface area contributed by atoms with Crippen LogP contribution in [0.25, 0.3) is 11.0 Å². The highest BCUT2D eigenvalue weighted by Crippen LogP contribution is 2.17. The minimum Gasteiger partial charge on any atom is -0.316 e. The molecule has 2 rings (SSSR count). The summed E-state index contributed by atoms with van der Waals surface area (Å²) in [4.78, 5) is 46.8. The lowest BCUT2D eigenvalue weighted by Gasteiger charge is -2.05. The van der Waals surface area contributed by atoms with Gasteiger partial charge in [-0.05, 0) is 12.1 Å². The van der Waals surface area contributed by atoms with Crippen LogP contribution in [0.2, 0.25) is 0 Å². The monoisotopic (exact) mass is 280 g/mol. The van der Waals surface area contributed by atoms with Gasteiger partial charge in [0.1, 0.15) is 0 Å². The van der Waals surface area contributed by atoms with Gasteiger partial charge in [-0.1, -0.05) is 0 Å². The topological polar surface area (TPSA) is 152 Å². The van der Waals surface area contributed by atoms with Gasteiger partial charge in [0, 0.05) is 21.0 Å². The van der Waals surface area contributed by atoms with Gasteiger partial charge < -0.3 is 9.97 Å². The Hall–Kier alpha value is -3.04. The van der Waals surface area contributed by atoms with Gasteiger partial charge in [-0.25, -0.2) is 0 Å². The van der Waals surface area contributed by atoms with E-state index < -0.39 is 34.1 Å². The second-order valence-electron chi connectivity index (χ2n) is 4.06. The molecule has 1 aromatic heterocycles. The van der Waals surface area contributed by atoms with Crippen molar-refractivity contribution in [1.29, 1.82) is 0 Å². The summed E-state index contributed by atoms with van der Waals surface area (Å²) in [6.45, 7) is -1.22. The van der Waals surface area contributed by atoms with Crippen LogP contribution >= 0.6 is 0 Å². The van der Waals surface area contributed by atoms with Crippen LogP contribution in [0.3, 0.4) is 0 Å². The first-order valence-electron chi connectivity index (χ1n) is 5.38. The maximum atomic E-state index is 11.2. The fourth-order valence-electron chi connectivity index (χ4n) is 1.83. The molecule has 0 amide bonds. The summed E-state index contributed by atoms with van der Waals surface area (Å²) in [5.74, 6) is 0. The molecule has 0 saturated heterocycles. The van der Waals surface area contributed by atoms with Crippen LogP contribution in [0.5, 0.6) is 0 Å². The maximum absolute atomic E-state index is 11.2. The minimum absolute atomic E-state index is 0.113. The maximum Gasteiger partial charge on any atom is 0.314 e. The van der Waals surface area contributed by atoms with Crippen molar-refractivity contribution in [2.75, 3.05) is 0 Å². The molecule has 2 N–H and O–H groups in total. The van der Waals surface area contributed by atoms with Crippen LogP contribution in [0.4, 0.5) is 0 Å². The van der Waals surface area contributed by atoms with E-state index in [1.807, 2.05) is 0 Å². The third-order valence-electron chi connectivity index (χ3n) is 2.64. The van der Waals surface area contributed by atoms with Crippen molar-refractivity contribution in [3.63, 3.8) is 0 Å². The van der Waals surface area contributed by atoms with Gasteiger partial charge in [0.25, 0.3) is 0 Å². The van der Waals surface area contributed by atoms with E-state index in [0.717, 1.165) is 0 Å². The number of nitrogens with zero attached hydrogens (tertiary/aromatic N) is 2. The van der Waals surface area contributed by atoms with Gasteiger partial charge in [0.2, 0.25) is 13.1 Å². The lowest BCUT2D eigenvalue weighted by atomic mass is 10.1. The van der Waals surface area contributed by atoms with Crippen molar-refractivity contribution in [3.8, 4) is 0 Å². The Labute approximate surface area is 109 Å². The Kier molecular flexibility index (Phi) is 3.29. The number of nitro groups is 2.